The Labute approximate surface area is 134 Å². The summed E-state index contributed by atoms with van der Waals surface area (Å²) >= 11 is 4.88. The van der Waals surface area contributed by atoms with Crippen LogP contribution in [0.25, 0.3) is 0 Å². The molecule has 1 heterocycles. The first-order chi connectivity index (χ1) is 10.1. The van der Waals surface area contributed by atoms with Gasteiger partial charge in [0.2, 0.25) is 0 Å². The molecule has 110 valence electrons. The van der Waals surface area contributed by atoms with Gasteiger partial charge >= 0.3 is 12.0 Å². The molecule has 7 heteroatoms. The highest BCUT2D eigenvalue weighted by Crippen LogP contribution is 2.22. The molecule has 3 N–H and O–H groups in total. The maximum absolute atomic E-state index is 11.8. The van der Waals surface area contributed by atoms with E-state index in [1.54, 1.807) is 30.3 Å². The molecule has 1 unspecified atom stereocenters. The third-order valence-electron chi connectivity index (χ3n) is 2.76. The second-order valence-corrected chi connectivity index (χ2v) is 6.06. The minimum atomic E-state index is -1.10. The Kier molecular flexibility index (Phi) is 5.35. The molecule has 0 aliphatic carbocycles. The lowest BCUT2D eigenvalue weighted by molar-refractivity contribution is -0.139. The standard InChI is InChI=1S/C14H13BrN2O3S/c15-10-6-7-21-11(10)8-16-14(20)17-12(13(18)19)9-4-2-1-3-5-9/h1-7,12H,8H2,(H,18,19)(H2,16,17,20). The number of carboxylic acid groups (broad SMARTS) is 1. The van der Waals surface area contributed by atoms with E-state index in [2.05, 4.69) is 26.6 Å². The zero-order valence-electron chi connectivity index (χ0n) is 10.9. The highest BCUT2D eigenvalue weighted by molar-refractivity contribution is 9.10. The Bertz CT molecular complexity index is 630. The maximum Gasteiger partial charge on any atom is 0.330 e. The fraction of sp³-hybridized carbons (Fsp3) is 0.143. The average Bonchev–Trinajstić information content (AvgIpc) is 2.88. The Balaban J connectivity index is 1.96. The molecule has 2 rings (SSSR count). The predicted molar refractivity (Wildman–Crippen MR) is 84.2 cm³/mol. The SMILES string of the molecule is O=C(NCc1sccc1Br)NC(C(=O)O)c1ccccc1. The highest BCUT2D eigenvalue weighted by atomic mass is 79.9. The van der Waals surface area contributed by atoms with E-state index in [9.17, 15) is 14.7 Å². The molecular weight excluding hydrogens is 356 g/mol. The Morgan fingerprint density at radius 1 is 1.24 bits per heavy atom. The molecule has 0 spiro atoms. The molecule has 2 amide bonds. The van der Waals surface area contributed by atoms with Crippen LogP contribution >= 0.6 is 27.3 Å². The number of thiophene rings is 1. The van der Waals surface area contributed by atoms with Crippen molar-refractivity contribution in [3.8, 4) is 0 Å². The van der Waals surface area contributed by atoms with E-state index in [4.69, 9.17) is 0 Å². The van der Waals surface area contributed by atoms with Gasteiger partial charge in [0.15, 0.2) is 6.04 Å². The second kappa shape index (κ2) is 7.24. The van der Waals surface area contributed by atoms with E-state index < -0.39 is 18.0 Å². The van der Waals surface area contributed by atoms with Crippen LogP contribution in [0.1, 0.15) is 16.5 Å². The van der Waals surface area contributed by atoms with Crippen LogP contribution in [0, 0.1) is 0 Å². The molecule has 21 heavy (non-hydrogen) atoms. The number of benzene rings is 1. The highest BCUT2D eigenvalue weighted by Gasteiger charge is 2.21. The van der Waals surface area contributed by atoms with Gasteiger partial charge in [-0.3, -0.25) is 0 Å². The van der Waals surface area contributed by atoms with Crippen LogP contribution in [-0.4, -0.2) is 17.1 Å². The minimum Gasteiger partial charge on any atom is -0.479 e. The number of urea groups is 1. The predicted octanol–water partition coefficient (Wildman–Crippen LogP) is 3.14. The first-order valence-corrected chi connectivity index (χ1v) is 7.79. The number of carbonyl (C=O) groups is 2. The molecule has 1 atom stereocenters. The van der Waals surface area contributed by atoms with Gasteiger partial charge in [0.1, 0.15) is 0 Å². The largest absolute Gasteiger partial charge is 0.479 e. The van der Waals surface area contributed by atoms with Crippen molar-refractivity contribution in [2.24, 2.45) is 0 Å². The topological polar surface area (TPSA) is 78.4 Å². The van der Waals surface area contributed by atoms with Crippen molar-refractivity contribution in [2.75, 3.05) is 0 Å². The maximum atomic E-state index is 11.8. The molecule has 1 aromatic heterocycles. The van der Waals surface area contributed by atoms with Gasteiger partial charge in [0.05, 0.1) is 6.54 Å². The van der Waals surface area contributed by atoms with Gasteiger partial charge in [0.25, 0.3) is 0 Å². The third kappa shape index (κ3) is 4.30. The van der Waals surface area contributed by atoms with Crippen LogP contribution in [0.2, 0.25) is 0 Å². The number of carbonyl (C=O) groups excluding carboxylic acids is 1. The summed E-state index contributed by atoms with van der Waals surface area (Å²) in [6.07, 6.45) is 0. The van der Waals surface area contributed by atoms with Gasteiger partial charge in [-0.2, -0.15) is 0 Å². The lowest BCUT2D eigenvalue weighted by Gasteiger charge is -2.15. The van der Waals surface area contributed by atoms with E-state index in [0.29, 0.717) is 12.1 Å². The summed E-state index contributed by atoms with van der Waals surface area (Å²) in [5.41, 5.74) is 0.525. The Morgan fingerprint density at radius 3 is 2.52 bits per heavy atom. The zero-order valence-corrected chi connectivity index (χ0v) is 13.3. The van der Waals surface area contributed by atoms with Crippen molar-refractivity contribution in [3.63, 3.8) is 0 Å². The fourth-order valence-electron chi connectivity index (χ4n) is 1.73. The number of carboxylic acids is 1. The molecular formula is C14H13BrN2O3S. The lowest BCUT2D eigenvalue weighted by atomic mass is 10.1. The van der Waals surface area contributed by atoms with Crippen LogP contribution in [0.5, 0.6) is 0 Å². The number of halogens is 1. The average molecular weight is 369 g/mol. The van der Waals surface area contributed by atoms with Crippen molar-refractivity contribution in [3.05, 3.63) is 56.7 Å². The molecule has 0 saturated carbocycles. The van der Waals surface area contributed by atoms with Crippen molar-refractivity contribution >= 4 is 39.3 Å². The first kappa shape index (κ1) is 15.5. The Hall–Kier alpha value is -1.86. The number of nitrogens with one attached hydrogen (secondary N) is 2. The molecule has 5 nitrogen and oxygen atoms in total. The van der Waals surface area contributed by atoms with Crippen LogP contribution < -0.4 is 10.6 Å². The number of hydrogen-bond acceptors (Lipinski definition) is 3. The Morgan fingerprint density at radius 2 is 1.95 bits per heavy atom. The zero-order chi connectivity index (χ0) is 15.2. The minimum absolute atomic E-state index is 0.339. The summed E-state index contributed by atoms with van der Waals surface area (Å²) in [6.45, 7) is 0.339. The summed E-state index contributed by atoms with van der Waals surface area (Å²) in [5.74, 6) is -1.10. The summed E-state index contributed by atoms with van der Waals surface area (Å²) in [5, 5.41) is 16.2. The van der Waals surface area contributed by atoms with Crippen molar-refractivity contribution in [1.29, 1.82) is 0 Å². The number of hydrogen-bond donors (Lipinski definition) is 3. The van der Waals surface area contributed by atoms with Crippen LogP contribution in [0.3, 0.4) is 0 Å². The lowest BCUT2D eigenvalue weighted by Crippen LogP contribution is -2.40. The van der Waals surface area contributed by atoms with Crippen molar-refractivity contribution in [2.45, 2.75) is 12.6 Å². The van der Waals surface area contributed by atoms with Gasteiger partial charge in [-0.15, -0.1) is 11.3 Å². The van der Waals surface area contributed by atoms with E-state index in [-0.39, 0.29) is 0 Å². The number of amides is 2. The van der Waals surface area contributed by atoms with E-state index in [0.717, 1.165) is 9.35 Å². The molecule has 0 saturated heterocycles. The number of rotatable bonds is 5. The van der Waals surface area contributed by atoms with E-state index in [1.807, 2.05) is 11.4 Å². The molecule has 0 aliphatic heterocycles. The van der Waals surface area contributed by atoms with Crippen LogP contribution in [0.4, 0.5) is 4.79 Å². The summed E-state index contributed by atoms with van der Waals surface area (Å²) in [6, 6.07) is 8.87. The number of aliphatic carboxylic acids is 1. The van der Waals surface area contributed by atoms with Gasteiger partial charge in [-0.25, -0.2) is 9.59 Å². The van der Waals surface area contributed by atoms with Gasteiger partial charge in [-0.1, -0.05) is 30.3 Å². The summed E-state index contributed by atoms with van der Waals surface area (Å²) in [4.78, 5) is 24.1. The normalized spacial score (nSPS) is 11.7. The van der Waals surface area contributed by atoms with Gasteiger partial charge in [-0.05, 0) is 32.9 Å². The summed E-state index contributed by atoms with van der Waals surface area (Å²) < 4.78 is 0.922. The monoisotopic (exact) mass is 368 g/mol. The summed E-state index contributed by atoms with van der Waals surface area (Å²) in [7, 11) is 0. The molecule has 0 bridgehead atoms. The van der Waals surface area contributed by atoms with Gasteiger partial charge in [0, 0.05) is 9.35 Å². The molecule has 0 radical (unpaired) electrons. The quantitative estimate of drug-likeness (QED) is 0.758. The molecule has 0 aliphatic rings. The molecule has 1 aromatic carbocycles. The van der Waals surface area contributed by atoms with Crippen LogP contribution in [-0.2, 0) is 11.3 Å². The first-order valence-electron chi connectivity index (χ1n) is 6.12. The van der Waals surface area contributed by atoms with Crippen molar-refractivity contribution < 1.29 is 14.7 Å². The fourth-order valence-corrected chi connectivity index (χ4v) is 3.16. The van der Waals surface area contributed by atoms with Crippen molar-refractivity contribution in [1.82, 2.24) is 10.6 Å². The van der Waals surface area contributed by atoms with E-state index in [1.165, 1.54) is 11.3 Å². The second-order valence-electron chi connectivity index (χ2n) is 4.20. The van der Waals surface area contributed by atoms with Gasteiger partial charge < -0.3 is 15.7 Å². The van der Waals surface area contributed by atoms with Crippen LogP contribution in [0.15, 0.2) is 46.3 Å². The third-order valence-corrected chi connectivity index (χ3v) is 4.68. The molecule has 0 fully saturated rings. The smallest absolute Gasteiger partial charge is 0.330 e. The molecule has 2 aromatic rings. The van der Waals surface area contributed by atoms with E-state index >= 15 is 0 Å².